The zero-order chi connectivity index (χ0) is 29.0. The minimum atomic E-state index is -2.84. The number of benzene rings is 1. The molecule has 1 amide bonds. The summed E-state index contributed by atoms with van der Waals surface area (Å²) in [6.07, 6.45) is 4.08. The largest absolute Gasteiger partial charge is 0.508 e. The number of aliphatic hydroxyl groups is 3. The van der Waals surface area contributed by atoms with E-state index in [2.05, 4.69) is 0 Å². The molecule has 0 radical (unpaired) electrons. The predicted octanol–water partition coefficient (Wildman–Crippen LogP) is 2.41. The van der Waals surface area contributed by atoms with Gasteiger partial charge in [-0.15, -0.1) is 0 Å². The van der Waals surface area contributed by atoms with Crippen molar-refractivity contribution < 1.29 is 44.3 Å². The maximum atomic E-state index is 13.9. The second kappa shape index (κ2) is 8.92. The number of hydrogen-bond acceptors (Lipinski definition) is 9. The van der Waals surface area contributed by atoms with Crippen molar-refractivity contribution in [2.75, 3.05) is 0 Å². The highest BCUT2D eigenvalue weighted by molar-refractivity contribution is 6.23. The lowest BCUT2D eigenvalue weighted by atomic mass is 9.57. The van der Waals surface area contributed by atoms with Crippen LogP contribution in [0.4, 0.5) is 0 Å². The van der Waals surface area contributed by atoms with Gasteiger partial charge in [0.25, 0.3) is 5.91 Å². The third-order valence-corrected chi connectivity index (χ3v) is 11.0. The molecule has 7 rings (SSSR count). The first-order chi connectivity index (χ1) is 19.5. The number of aromatic hydroxyl groups is 1. The number of ketones is 2. The Morgan fingerprint density at radius 1 is 1.00 bits per heavy atom. The lowest BCUT2D eigenvalue weighted by Gasteiger charge is -2.50. The fourth-order valence-corrected chi connectivity index (χ4v) is 9.47. The number of amides is 1. The van der Waals surface area contributed by atoms with E-state index in [-0.39, 0.29) is 35.6 Å². The maximum Gasteiger partial charge on any atom is 0.306 e. The molecule has 6 aliphatic rings. The van der Waals surface area contributed by atoms with Crippen LogP contribution in [0.3, 0.4) is 0 Å². The monoisotopic (exact) mass is 563 g/mol. The fourth-order valence-electron chi connectivity index (χ4n) is 9.47. The van der Waals surface area contributed by atoms with E-state index in [4.69, 9.17) is 10.5 Å². The molecule has 0 aromatic heterocycles. The standard InChI is InChI=1S/C31H33NO9/c32-30(39)25-21(34)11-19-27(41-22(35)10-16-6-12-4-13-7-15(5-12)17(16)8-13)18-9-14-2-1-3-20(33)23(14)26(36)24(18)28(37)31(19,40)29(25)38/h1-3,12-13,15-19,27,33,36,38,40H,4-11H2,(H2,32,39)/t12?,13?,15?,16-,17?,18+,19+,27-,31-/m0/s1. The van der Waals surface area contributed by atoms with Gasteiger partial charge in [0.1, 0.15) is 28.9 Å². The zero-order valence-corrected chi connectivity index (χ0v) is 22.4. The number of carbonyl (C=O) groups is 4. The Balaban J connectivity index is 1.29. The third kappa shape index (κ3) is 3.65. The summed E-state index contributed by atoms with van der Waals surface area (Å²) in [5.41, 5.74) is 1.73. The highest BCUT2D eigenvalue weighted by Crippen LogP contribution is 2.58. The lowest BCUT2D eigenvalue weighted by Crippen LogP contribution is -2.64. The molecule has 4 fully saturated rings. The fraction of sp³-hybridized carbons (Fsp3) is 0.548. The average Bonchev–Trinajstić information content (AvgIpc) is 3.14. The summed E-state index contributed by atoms with van der Waals surface area (Å²) in [5.74, 6) is -5.74. The average molecular weight is 564 g/mol. The number of aliphatic hydroxyl groups excluding tert-OH is 2. The molecule has 0 heterocycles. The quantitative estimate of drug-likeness (QED) is 0.271. The van der Waals surface area contributed by atoms with Crippen LogP contribution in [0.25, 0.3) is 5.76 Å². The Morgan fingerprint density at radius 2 is 1.73 bits per heavy atom. The number of rotatable bonds is 4. The molecule has 3 bridgehead atoms. The molecule has 4 unspecified atom stereocenters. The summed E-state index contributed by atoms with van der Waals surface area (Å²) in [7, 11) is 0. The first-order valence-electron chi connectivity index (χ1n) is 14.5. The summed E-state index contributed by atoms with van der Waals surface area (Å²) in [6, 6.07) is 4.58. The van der Waals surface area contributed by atoms with Crippen LogP contribution in [0.15, 0.2) is 35.1 Å². The van der Waals surface area contributed by atoms with Crippen molar-refractivity contribution in [3.05, 3.63) is 46.2 Å². The van der Waals surface area contributed by atoms with E-state index in [1.54, 1.807) is 12.1 Å². The Bertz CT molecular complexity index is 1470. The van der Waals surface area contributed by atoms with E-state index in [1.165, 1.54) is 25.3 Å². The van der Waals surface area contributed by atoms with E-state index < -0.39 is 70.5 Å². The number of fused-ring (bicyclic) bond motifs is 5. The van der Waals surface area contributed by atoms with Crippen LogP contribution in [0.1, 0.15) is 56.1 Å². The van der Waals surface area contributed by atoms with Crippen molar-refractivity contribution in [1.82, 2.24) is 0 Å². The molecule has 6 aliphatic carbocycles. The van der Waals surface area contributed by atoms with E-state index in [1.807, 2.05) is 0 Å². The van der Waals surface area contributed by atoms with Crippen LogP contribution in [-0.4, -0.2) is 55.6 Å². The van der Waals surface area contributed by atoms with Gasteiger partial charge in [-0.05, 0) is 79.7 Å². The van der Waals surface area contributed by atoms with Gasteiger partial charge < -0.3 is 30.9 Å². The number of carbonyl (C=O) groups excluding carboxylic acids is 4. The lowest BCUT2D eigenvalue weighted by molar-refractivity contribution is -0.178. The Labute approximate surface area is 235 Å². The van der Waals surface area contributed by atoms with Crippen molar-refractivity contribution in [2.24, 2.45) is 47.2 Å². The van der Waals surface area contributed by atoms with Gasteiger partial charge in [0, 0.05) is 30.3 Å². The second-order valence-corrected chi connectivity index (χ2v) is 13.1. The molecule has 10 heteroatoms. The van der Waals surface area contributed by atoms with Crippen molar-refractivity contribution >= 4 is 29.2 Å². The normalized spacial score (nSPS) is 38.9. The summed E-state index contributed by atoms with van der Waals surface area (Å²) in [6.45, 7) is 0. The van der Waals surface area contributed by atoms with Crippen molar-refractivity contribution in [3.63, 3.8) is 0 Å². The number of nitrogens with two attached hydrogens (primary N) is 1. The van der Waals surface area contributed by atoms with E-state index >= 15 is 0 Å². The highest BCUT2D eigenvalue weighted by atomic mass is 16.5. The predicted molar refractivity (Wildman–Crippen MR) is 142 cm³/mol. The Morgan fingerprint density at radius 3 is 2.46 bits per heavy atom. The van der Waals surface area contributed by atoms with Crippen LogP contribution in [-0.2, 0) is 30.3 Å². The summed E-state index contributed by atoms with van der Waals surface area (Å²) < 4.78 is 6.07. The van der Waals surface area contributed by atoms with Gasteiger partial charge in [0.15, 0.2) is 11.4 Å². The molecule has 10 nitrogen and oxygen atoms in total. The maximum absolute atomic E-state index is 13.9. The molecule has 6 N–H and O–H groups in total. The Hall–Kier alpha value is -3.66. The number of primary amides is 1. The van der Waals surface area contributed by atoms with E-state index in [9.17, 15) is 39.6 Å². The number of esters is 1. The molecule has 1 aromatic carbocycles. The van der Waals surface area contributed by atoms with Crippen LogP contribution in [0, 0.1) is 41.4 Å². The smallest absolute Gasteiger partial charge is 0.306 e. The molecule has 4 saturated carbocycles. The third-order valence-electron chi connectivity index (χ3n) is 11.0. The summed E-state index contributed by atoms with van der Waals surface area (Å²) >= 11 is 0. The van der Waals surface area contributed by atoms with Gasteiger partial charge in [0.05, 0.1) is 5.56 Å². The second-order valence-electron chi connectivity index (χ2n) is 13.1. The molecule has 0 aliphatic heterocycles. The van der Waals surface area contributed by atoms with Crippen molar-refractivity contribution in [3.8, 4) is 5.75 Å². The molecular weight excluding hydrogens is 530 g/mol. The van der Waals surface area contributed by atoms with Gasteiger partial charge in [-0.3, -0.25) is 19.2 Å². The van der Waals surface area contributed by atoms with Gasteiger partial charge in [0.2, 0.25) is 5.78 Å². The number of Topliss-reactive ketones (excluding diaryl/α,β-unsaturated/α-hetero) is 2. The van der Waals surface area contributed by atoms with Crippen LogP contribution >= 0.6 is 0 Å². The van der Waals surface area contributed by atoms with Gasteiger partial charge >= 0.3 is 5.97 Å². The minimum Gasteiger partial charge on any atom is -0.508 e. The van der Waals surface area contributed by atoms with Gasteiger partial charge in [-0.2, -0.15) is 0 Å². The number of phenolic OH excluding ortho intramolecular Hbond substituents is 1. The Kier molecular flexibility index (Phi) is 5.71. The molecular formula is C31H33NO9. The molecule has 0 saturated heterocycles. The topological polar surface area (TPSA) is 184 Å². The molecule has 1 aromatic rings. The summed E-state index contributed by atoms with van der Waals surface area (Å²) in [4.78, 5) is 52.5. The van der Waals surface area contributed by atoms with Crippen LogP contribution in [0.2, 0.25) is 0 Å². The number of phenols is 1. The number of ether oxygens (including phenoxy) is 1. The van der Waals surface area contributed by atoms with Crippen molar-refractivity contribution in [2.45, 2.75) is 63.1 Å². The van der Waals surface area contributed by atoms with Gasteiger partial charge in [-0.25, -0.2) is 0 Å². The number of hydrogen-bond donors (Lipinski definition) is 5. The van der Waals surface area contributed by atoms with Crippen LogP contribution < -0.4 is 5.73 Å². The zero-order valence-electron chi connectivity index (χ0n) is 22.4. The van der Waals surface area contributed by atoms with Crippen molar-refractivity contribution in [1.29, 1.82) is 0 Å². The van der Waals surface area contributed by atoms with Crippen LogP contribution in [0.5, 0.6) is 5.75 Å². The first kappa shape index (κ1) is 26.3. The van der Waals surface area contributed by atoms with E-state index in [0.29, 0.717) is 23.3 Å². The van der Waals surface area contributed by atoms with Gasteiger partial charge in [-0.1, -0.05) is 12.1 Å². The SMILES string of the molecule is NC(=O)C1=C(O)[C@@]2(O)C(=O)C3=C(O)c4c(O)cccc4C[C@H]3[C@H](OC(=O)C[C@@H]3CC4CC5CC(C4)C3C5)[C@H]2CC1=O. The molecule has 9 atom stereocenters. The molecule has 0 spiro atoms. The molecule has 41 heavy (non-hydrogen) atoms. The van der Waals surface area contributed by atoms with E-state index in [0.717, 1.165) is 18.8 Å². The minimum absolute atomic E-state index is 0.00169. The highest BCUT2D eigenvalue weighted by Gasteiger charge is 2.65. The molecule has 216 valence electrons. The summed E-state index contributed by atoms with van der Waals surface area (Å²) in [5, 5.41) is 44.5. The first-order valence-corrected chi connectivity index (χ1v) is 14.5.